The highest BCUT2D eigenvalue weighted by Crippen LogP contribution is 2.48. The molecule has 1 aliphatic heterocycles. The van der Waals surface area contributed by atoms with Gasteiger partial charge in [-0.15, -0.1) is 0 Å². The fraction of sp³-hybridized carbons (Fsp3) is 0.276. The van der Waals surface area contributed by atoms with Crippen LogP contribution in [0.1, 0.15) is 43.1 Å². The zero-order chi connectivity index (χ0) is 30.4. The number of amides is 1. The third-order valence-corrected chi connectivity index (χ3v) is 11.7. The quantitative estimate of drug-likeness (QED) is 0.266. The number of halogens is 3. The molecule has 1 aliphatic rings. The van der Waals surface area contributed by atoms with E-state index in [2.05, 4.69) is 22.6 Å². The minimum atomic E-state index is -4.16. The lowest BCUT2D eigenvalue weighted by Gasteiger charge is -2.36. The van der Waals surface area contributed by atoms with E-state index in [1.807, 2.05) is 96.2 Å². The van der Waals surface area contributed by atoms with Crippen LogP contribution in [-0.2, 0) is 20.2 Å². The van der Waals surface area contributed by atoms with Crippen molar-refractivity contribution in [1.29, 1.82) is 0 Å². The maximum Gasteiger partial charge on any atom is 0.337 e. The van der Waals surface area contributed by atoms with E-state index in [4.69, 9.17) is 4.99 Å². The summed E-state index contributed by atoms with van der Waals surface area (Å²) >= 11 is 6.15. The van der Waals surface area contributed by atoms with Crippen LogP contribution in [0.15, 0.2) is 64.1 Å². The summed E-state index contributed by atoms with van der Waals surface area (Å²) in [6.07, 6.45) is 1.79. The van der Waals surface area contributed by atoms with Gasteiger partial charge in [0.25, 0.3) is 0 Å². The number of sulfone groups is 1. The van der Waals surface area contributed by atoms with Crippen molar-refractivity contribution >= 4 is 111 Å². The zero-order valence-corrected chi connectivity index (χ0v) is 30.3. The molecule has 0 fully saturated rings. The second kappa shape index (κ2) is 12.1. The summed E-state index contributed by atoms with van der Waals surface area (Å²) in [6.45, 7) is 5.40. The van der Waals surface area contributed by atoms with Crippen LogP contribution in [0.25, 0.3) is 10.8 Å². The molecule has 1 atom stereocenters. The number of aromatic carboxylic acids is 1. The lowest BCUT2D eigenvalue weighted by atomic mass is 9.84. The van der Waals surface area contributed by atoms with Crippen molar-refractivity contribution in [2.75, 3.05) is 25.5 Å². The summed E-state index contributed by atoms with van der Waals surface area (Å²) in [5, 5.41) is 11.2. The first-order valence-corrected chi connectivity index (χ1v) is 17.4. The lowest BCUT2D eigenvalue weighted by Crippen LogP contribution is -2.39. The number of hydrogen-bond acceptors (Lipinski definition) is 6. The van der Waals surface area contributed by atoms with Gasteiger partial charge in [0.2, 0.25) is 15.7 Å². The van der Waals surface area contributed by atoms with Gasteiger partial charge in [0.15, 0.2) is 5.04 Å². The average molecular weight is 911 g/mol. The van der Waals surface area contributed by atoms with E-state index in [1.165, 1.54) is 17.9 Å². The van der Waals surface area contributed by atoms with Gasteiger partial charge >= 0.3 is 5.97 Å². The normalized spacial score (nSPS) is 16.9. The van der Waals surface area contributed by atoms with Gasteiger partial charge in [0.05, 0.1) is 16.2 Å². The second-order valence-electron chi connectivity index (χ2n) is 9.69. The molecular formula is C29H28I3N3O5S. The molecule has 0 saturated carbocycles. The SMILES string of the molecule is CCN(C(C)=O)C1=CC(S(=O)(=O)c2cccc3c(N(C)C)cccc23)=NC1(CC)c1c(I)cc(I)c(C(=O)O)c1I. The molecule has 1 unspecified atom stereocenters. The van der Waals surface area contributed by atoms with Gasteiger partial charge in [0, 0.05) is 60.3 Å². The largest absolute Gasteiger partial charge is 0.478 e. The van der Waals surface area contributed by atoms with Crippen LogP contribution in [0.2, 0.25) is 0 Å². The van der Waals surface area contributed by atoms with Crippen molar-refractivity contribution in [3.8, 4) is 0 Å². The molecule has 0 aliphatic carbocycles. The first-order valence-electron chi connectivity index (χ1n) is 12.7. The van der Waals surface area contributed by atoms with Crippen LogP contribution >= 0.6 is 67.8 Å². The molecule has 8 nitrogen and oxygen atoms in total. The third-order valence-electron chi connectivity index (χ3n) is 7.19. The van der Waals surface area contributed by atoms with Gasteiger partial charge in [-0.3, -0.25) is 9.79 Å². The highest BCUT2D eigenvalue weighted by atomic mass is 127. The minimum absolute atomic E-state index is 0.115. The number of fused-ring (bicyclic) bond motifs is 1. The van der Waals surface area contributed by atoms with Gasteiger partial charge in [0.1, 0.15) is 5.54 Å². The monoisotopic (exact) mass is 911 g/mol. The van der Waals surface area contributed by atoms with Gasteiger partial charge in [-0.1, -0.05) is 31.2 Å². The summed E-state index contributed by atoms with van der Waals surface area (Å²) in [6, 6.07) is 12.5. The number of carbonyl (C=O) groups excluding carboxylic acids is 1. The molecule has 1 amide bonds. The fourth-order valence-corrected chi connectivity index (χ4v) is 11.5. The molecule has 3 aromatic carbocycles. The Kier molecular flexibility index (Phi) is 9.46. The molecule has 0 aromatic heterocycles. The highest BCUT2D eigenvalue weighted by Gasteiger charge is 2.47. The Morgan fingerprint density at radius 1 is 1.00 bits per heavy atom. The molecule has 3 aromatic rings. The third kappa shape index (κ3) is 5.41. The molecule has 1 N–H and O–H groups in total. The van der Waals surface area contributed by atoms with Crippen LogP contribution in [0.4, 0.5) is 5.69 Å². The van der Waals surface area contributed by atoms with E-state index in [0.29, 0.717) is 30.2 Å². The van der Waals surface area contributed by atoms with Crippen LogP contribution in [-0.4, -0.2) is 56.0 Å². The second-order valence-corrected chi connectivity index (χ2v) is 15.0. The molecule has 12 heteroatoms. The van der Waals surface area contributed by atoms with Gasteiger partial charge in [-0.05, 0) is 105 Å². The lowest BCUT2D eigenvalue weighted by molar-refractivity contribution is -0.127. The van der Waals surface area contributed by atoms with Crippen molar-refractivity contribution in [3.63, 3.8) is 0 Å². The predicted octanol–water partition coefficient (Wildman–Crippen LogP) is 6.66. The highest BCUT2D eigenvalue weighted by molar-refractivity contribution is 14.1. The molecule has 4 rings (SSSR count). The molecular weight excluding hydrogens is 883 g/mol. The number of carboxylic acids is 1. The van der Waals surface area contributed by atoms with E-state index >= 15 is 0 Å². The zero-order valence-electron chi connectivity index (χ0n) is 23.0. The van der Waals surface area contributed by atoms with Crippen LogP contribution in [0, 0.1) is 10.7 Å². The molecule has 0 saturated heterocycles. The Hall–Kier alpha value is -1.79. The summed E-state index contributed by atoms with van der Waals surface area (Å²) in [5.41, 5.74) is 0.686. The Bertz CT molecular complexity index is 1770. The van der Waals surface area contributed by atoms with Crippen molar-refractivity contribution < 1.29 is 23.1 Å². The molecule has 0 spiro atoms. The number of likely N-dealkylation sites (N-methyl/N-ethyl adjacent to an activating group) is 1. The Balaban J connectivity index is 2.09. The summed E-state index contributed by atoms with van der Waals surface area (Å²) in [7, 11) is -0.361. The topological polar surface area (TPSA) is 107 Å². The van der Waals surface area contributed by atoms with Crippen molar-refractivity contribution in [2.45, 2.75) is 37.6 Å². The van der Waals surface area contributed by atoms with E-state index in [9.17, 15) is 23.1 Å². The van der Waals surface area contributed by atoms with E-state index in [-0.39, 0.29) is 28.0 Å². The van der Waals surface area contributed by atoms with Gasteiger partial charge in [-0.25, -0.2) is 13.2 Å². The Morgan fingerprint density at radius 2 is 1.63 bits per heavy atom. The van der Waals surface area contributed by atoms with Crippen molar-refractivity contribution in [3.05, 3.63) is 76.1 Å². The van der Waals surface area contributed by atoms with Gasteiger partial charge < -0.3 is 14.9 Å². The number of hydrogen-bond donors (Lipinski definition) is 1. The summed E-state index contributed by atoms with van der Waals surface area (Å²) < 4.78 is 30.6. The van der Waals surface area contributed by atoms with Crippen molar-refractivity contribution in [2.24, 2.45) is 4.99 Å². The number of aliphatic imine (C=N–C) groups is 1. The predicted molar refractivity (Wildman–Crippen MR) is 188 cm³/mol. The summed E-state index contributed by atoms with van der Waals surface area (Å²) in [5.74, 6) is -1.35. The van der Waals surface area contributed by atoms with E-state index in [0.717, 1.165) is 14.6 Å². The first-order chi connectivity index (χ1) is 19.2. The number of nitrogens with zero attached hydrogens (tertiary/aromatic N) is 3. The maximum absolute atomic E-state index is 14.4. The standard InChI is InChI=1S/C29H28I3N3O5S/c1-6-29(26-20(31)14-19(30)25(27(26)32)28(37)38)23(35(7-2)16(3)36)15-24(33-29)41(39,40)22-13-9-10-17-18(22)11-8-12-21(17)34(4)5/h8-15H,6-7H2,1-5H3,(H,37,38). The number of carbonyl (C=O) groups is 2. The van der Waals surface area contributed by atoms with Crippen LogP contribution < -0.4 is 4.90 Å². The molecule has 41 heavy (non-hydrogen) atoms. The Morgan fingerprint density at radius 3 is 2.20 bits per heavy atom. The van der Waals surface area contributed by atoms with E-state index in [1.54, 1.807) is 24.3 Å². The van der Waals surface area contributed by atoms with Crippen molar-refractivity contribution in [1.82, 2.24) is 4.90 Å². The molecule has 1 heterocycles. The van der Waals surface area contributed by atoms with Crippen LogP contribution in [0.3, 0.4) is 0 Å². The number of rotatable bonds is 7. The number of carboxylic acid groups (broad SMARTS) is 1. The molecule has 0 radical (unpaired) electrons. The van der Waals surface area contributed by atoms with E-state index < -0.39 is 21.3 Å². The molecule has 216 valence electrons. The first kappa shape index (κ1) is 32.1. The molecule has 0 bridgehead atoms. The minimum Gasteiger partial charge on any atom is -0.478 e. The fourth-order valence-electron chi connectivity index (χ4n) is 5.30. The Labute approximate surface area is 280 Å². The summed E-state index contributed by atoms with van der Waals surface area (Å²) in [4.78, 5) is 33.7. The maximum atomic E-state index is 14.4. The smallest absolute Gasteiger partial charge is 0.337 e. The number of benzene rings is 3. The average Bonchev–Trinajstić information content (AvgIpc) is 3.28. The number of anilines is 1. The van der Waals surface area contributed by atoms with Gasteiger partial charge in [-0.2, -0.15) is 0 Å². The van der Waals surface area contributed by atoms with Crippen LogP contribution in [0.5, 0.6) is 0 Å².